The third-order valence-corrected chi connectivity index (χ3v) is 5.18. The minimum Gasteiger partial charge on any atom is -0.383 e. The molecule has 0 amide bonds. The Morgan fingerprint density at radius 3 is 2.61 bits per heavy atom. The number of aliphatic hydroxyl groups is 1. The van der Waals surface area contributed by atoms with E-state index in [1.54, 1.807) is 29.2 Å². The molecule has 4 nitrogen and oxygen atoms in total. The van der Waals surface area contributed by atoms with Gasteiger partial charge < -0.3 is 5.11 Å². The minimum absolute atomic E-state index is 0.268. The molecular weight excluding hydrogens is 349 g/mol. The lowest BCUT2D eigenvalue weighted by Gasteiger charge is -2.28. The second-order valence-electron chi connectivity index (χ2n) is 6.72. The monoisotopic (exact) mass is 369 g/mol. The summed E-state index contributed by atoms with van der Waals surface area (Å²) in [6, 6.07) is 5.15. The van der Waals surface area contributed by atoms with Gasteiger partial charge in [0.2, 0.25) is 0 Å². The molecule has 0 aliphatic carbocycles. The third kappa shape index (κ3) is 5.17. The number of rotatable bonds is 6. The maximum atomic E-state index is 11.3. The van der Waals surface area contributed by atoms with Crippen LogP contribution < -0.4 is 0 Å². The summed E-state index contributed by atoms with van der Waals surface area (Å²) in [5, 5.41) is 16.3. The van der Waals surface area contributed by atoms with Crippen LogP contribution in [0.15, 0.2) is 42.6 Å². The minimum atomic E-state index is -1.34. The molecular formula is C16H21Cl2N3OSi. The summed E-state index contributed by atoms with van der Waals surface area (Å²) >= 11 is 12.3. The molecule has 7 heteroatoms. The summed E-state index contributed by atoms with van der Waals surface area (Å²) in [6.45, 7) is 7.00. The van der Waals surface area contributed by atoms with Gasteiger partial charge in [0.05, 0.1) is 14.6 Å². The molecule has 0 spiro atoms. The number of aromatic nitrogens is 3. The van der Waals surface area contributed by atoms with Crippen LogP contribution in [-0.4, -0.2) is 27.9 Å². The van der Waals surface area contributed by atoms with Crippen molar-refractivity contribution in [2.75, 3.05) is 0 Å². The van der Waals surface area contributed by atoms with E-state index < -0.39 is 13.7 Å². The first-order valence-electron chi connectivity index (χ1n) is 7.38. The van der Waals surface area contributed by atoms with Crippen LogP contribution in [-0.2, 0) is 12.1 Å². The molecule has 0 saturated heterocycles. The largest absolute Gasteiger partial charge is 0.383 e. The first-order chi connectivity index (χ1) is 10.7. The number of halogens is 2. The first kappa shape index (κ1) is 18.2. The van der Waals surface area contributed by atoms with Gasteiger partial charge in [-0.25, -0.2) is 9.67 Å². The molecule has 2 aromatic rings. The molecule has 2 rings (SSSR count). The van der Waals surface area contributed by atoms with Gasteiger partial charge in [-0.2, -0.15) is 5.10 Å². The van der Waals surface area contributed by atoms with Crippen molar-refractivity contribution in [3.05, 3.63) is 58.2 Å². The molecule has 1 aromatic carbocycles. The molecule has 124 valence electrons. The Labute approximate surface area is 147 Å². The summed E-state index contributed by atoms with van der Waals surface area (Å²) in [7, 11) is -1.34. The van der Waals surface area contributed by atoms with Gasteiger partial charge in [-0.05, 0) is 18.6 Å². The van der Waals surface area contributed by atoms with Crippen molar-refractivity contribution in [2.24, 2.45) is 0 Å². The van der Waals surface area contributed by atoms with E-state index in [2.05, 4.69) is 35.4 Å². The number of hydrogen-bond acceptors (Lipinski definition) is 3. The summed E-state index contributed by atoms with van der Waals surface area (Å²) in [4.78, 5) is 3.93. The Bertz CT molecular complexity index is 683. The SMILES string of the molecule is C[Si](C)(C)/C=C/CC(O)(Cn1cncn1)c1ccc(Cl)cc1Cl. The van der Waals surface area contributed by atoms with Gasteiger partial charge in [-0.1, -0.05) is 60.7 Å². The van der Waals surface area contributed by atoms with Crippen LogP contribution in [0.1, 0.15) is 12.0 Å². The van der Waals surface area contributed by atoms with Gasteiger partial charge >= 0.3 is 0 Å². The highest BCUT2D eigenvalue weighted by atomic mass is 35.5. The molecule has 23 heavy (non-hydrogen) atoms. The lowest BCUT2D eigenvalue weighted by Crippen LogP contribution is -2.32. The van der Waals surface area contributed by atoms with Gasteiger partial charge in [-0.3, -0.25) is 0 Å². The molecule has 1 N–H and O–H groups in total. The average molecular weight is 370 g/mol. The molecule has 0 aliphatic heterocycles. The van der Waals surface area contributed by atoms with Crippen molar-refractivity contribution in [1.29, 1.82) is 0 Å². The Balaban J connectivity index is 2.35. The highest BCUT2D eigenvalue weighted by Gasteiger charge is 2.31. The Hall–Kier alpha value is -1.14. The average Bonchev–Trinajstić information content (AvgIpc) is 2.89. The number of hydrogen-bond donors (Lipinski definition) is 1. The summed E-state index contributed by atoms with van der Waals surface area (Å²) < 4.78 is 1.60. The quantitative estimate of drug-likeness (QED) is 0.772. The van der Waals surface area contributed by atoms with Crippen molar-refractivity contribution in [1.82, 2.24) is 14.8 Å². The fraction of sp³-hybridized carbons (Fsp3) is 0.375. The predicted octanol–water partition coefficient (Wildman–Crippen LogP) is 4.30. The van der Waals surface area contributed by atoms with Crippen LogP contribution >= 0.6 is 23.2 Å². The van der Waals surface area contributed by atoms with Gasteiger partial charge in [0.25, 0.3) is 0 Å². The standard InChI is InChI=1S/C16H21Cl2N3OSi/c1-23(2,3)8-4-7-16(22,10-21-12-19-11-20-21)14-6-5-13(17)9-15(14)18/h4-6,8-9,11-12,22H,7,10H2,1-3H3/b8-4+. The van der Waals surface area contributed by atoms with E-state index >= 15 is 0 Å². The van der Waals surface area contributed by atoms with E-state index in [1.165, 1.54) is 6.33 Å². The lowest BCUT2D eigenvalue weighted by atomic mass is 9.90. The van der Waals surface area contributed by atoms with Gasteiger partial charge in [0.1, 0.15) is 18.3 Å². The highest BCUT2D eigenvalue weighted by molar-refractivity contribution is 6.80. The van der Waals surface area contributed by atoms with Crippen LogP contribution in [0.25, 0.3) is 0 Å². The van der Waals surface area contributed by atoms with Crippen molar-refractivity contribution >= 4 is 31.3 Å². The van der Waals surface area contributed by atoms with Crippen LogP contribution in [0, 0.1) is 0 Å². The van der Waals surface area contributed by atoms with Crippen LogP contribution in [0.5, 0.6) is 0 Å². The predicted molar refractivity (Wildman–Crippen MR) is 97.5 cm³/mol. The van der Waals surface area contributed by atoms with E-state index in [-0.39, 0.29) is 6.54 Å². The Morgan fingerprint density at radius 1 is 1.30 bits per heavy atom. The zero-order valence-electron chi connectivity index (χ0n) is 13.5. The molecule has 0 radical (unpaired) electrons. The second-order valence-corrected chi connectivity index (χ2v) is 12.6. The zero-order chi connectivity index (χ0) is 17.1. The topological polar surface area (TPSA) is 50.9 Å². The molecule has 0 aliphatic rings. The molecule has 0 bridgehead atoms. The molecule has 1 unspecified atom stereocenters. The van der Waals surface area contributed by atoms with Crippen LogP contribution in [0.2, 0.25) is 29.7 Å². The maximum Gasteiger partial charge on any atom is 0.137 e. The van der Waals surface area contributed by atoms with Gasteiger partial charge in [0.15, 0.2) is 0 Å². The normalized spacial score (nSPS) is 15.0. The summed E-state index contributed by atoms with van der Waals surface area (Å²) in [6.07, 6.45) is 5.51. The zero-order valence-corrected chi connectivity index (χ0v) is 16.0. The van der Waals surface area contributed by atoms with E-state index in [0.717, 1.165) is 0 Å². The summed E-state index contributed by atoms with van der Waals surface area (Å²) in [5.41, 5.74) is 1.67. The number of nitrogens with zero attached hydrogens (tertiary/aromatic N) is 3. The van der Waals surface area contributed by atoms with Gasteiger partial charge in [0, 0.05) is 15.6 Å². The van der Waals surface area contributed by atoms with Crippen molar-refractivity contribution < 1.29 is 5.11 Å². The third-order valence-electron chi connectivity index (χ3n) is 3.40. The highest BCUT2D eigenvalue weighted by Crippen LogP contribution is 2.34. The molecule has 0 saturated carbocycles. The molecule has 1 heterocycles. The smallest absolute Gasteiger partial charge is 0.137 e. The molecule has 0 fully saturated rings. The maximum absolute atomic E-state index is 11.3. The molecule has 1 atom stereocenters. The van der Waals surface area contributed by atoms with Crippen LogP contribution in [0.4, 0.5) is 0 Å². The second kappa shape index (κ2) is 7.17. The van der Waals surface area contributed by atoms with Crippen LogP contribution in [0.3, 0.4) is 0 Å². The van der Waals surface area contributed by atoms with E-state index in [0.29, 0.717) is 22.0 Å². The Morgan fingerprint density at radius 2 is 2.04 bits per heavy atom. The van der Waals surface area contributed by atoms with Crippen molar-refractivity contribution in [3.63, 3.8) is 0 Å². The fourth-order valence-electron chi connectivity index (χ4n) is 2.32. The van der Waals surface area contributed by atoms with E-state index in [1.807, 2.05) is 6.08 Å². The van der Waals surface area contributed by atoms with E-state index in [4.69, 9.17) is 23.2 Å². The van der Waals surface area contributed by atoms with Crippen molar-refractivity contribution in [2.45, 2.75) is 38.2 Å². The molecule has 1 aromatic heterocycles. The van der Waals surface area contributed by atoms with Crippen molar-refractivity contribution in [3.8, 4) is 0 Å². The number of benzene rings is 1. The van der Waals surface area contributed by atoms with E-state index in [9.17, 15) is 5.11 Å². The van der Waals surface area contributed by atoms with Gasteiger partial charge in [-0.15, -0.1) is 0 Å². The Kier molecular flexibility index (Phi) is 5.68. The lowest BCUT2D eigenvalue weighted by molar-refractivity contribution is 0.0179. The first-order valence-corrected chi connectivity index (χ1v) is 11.7. The summed E-state index contributed by atoms with van der Waals surface area (Å²) in [5.74, 6) is 0. The fourth-order valence-corrected chi connectivity index (χ4v) is 3.73.